The van der Waals surface area contributed by atoms with Crippen LogP contribution in [0.1, 0.15) is 17.5 Å². The molecule has 0 heterocycles. The summed E-state index contributed by atoms with van der Waals surface area (Å²) in [7, 11) is -2.87. The van der Waals surface area contributed by atoms with Crippen LogP contribution >= 0.6 is 8.25 Å². The Kier molecular flexibility index (Phi) is 3.90. The third kappa shape index (κ3) is 3.34. The van der Waals surface area contributed by atoms with Crippen molar-refractivity contribution in [2.75, 3.05) is 0 Å². The predicted molar refractivity (Wildman–Crippen MR) is 54.9 cm³/mol. The van der Waals surface area contributed by atoms with Crippen LogP contribution in [-0.4, -0.2) is 14.9 Å². The Morgan fingerprint density at radius 2 is 1.87 bits per heavy atom. The zero-order valence-electron chi connectivity index (χ0n) is 8.00. The molecule has 6 heteroatoms. The number of aliphatic hydroxyl groups is 1. The summed E-state index contributed by atoms with van der Waals surface area (Å²) in [4.78, 5) is 14.2. The number of rotatable bonds is 0. The summed E-state index contributed by atoms with van der Waals surface area (Å²) >= 11 is 0. The Labute approximate surface area is 88.1 Å². The van der Waals surface area contributed by atoms with Crippen LogP contribution in [0.5, 0.6) is 0 Å². The van der Waals surface area contributed by atoms with Crippen LogP contribution in [0.15, 0.2) is 24.3 Å². The minimum absolute atomic E-state index is 0.645. The van der Waals surface area contributed by atoms with Gasteiger partial charge in [0.05, 0.1) is 0 Å². The molecule has 0 amide bonds. The fourth-order valence-electron chi connectivity index (χ4n) is 1.62. The predicted octanol–water partition coefficient (Wildman–Crippen LogP) is 0.365. The number of hydrogen-bond donors (Lipinski definition) is 4. The van der Waals surface area contributed by atoms with Crippen molar-refractivity contribution in [3.05, 3.63) is 35.4 Å². The van der Waals surface area contributed by atoms with Gasteiger partial charge in [0.15, 0.2) is 0 Å². The molecule has 0 saturated heterocycles. The Hall–Kier alpha value is -0.840. The van der Waals surface area contributed by atoms with E-state index in [2.05, 4.69) is 0 Å². The number of benzene rings is 1. The Morgan fingerprint density at radius 3 is 2.40 bits per heavy atom. The fraction of sp³-hybridized carbons (Fsp3) is 0.333. The molecular weight excluding hydrogens is 217 g/mol. The van der Waals surface area contributed by atoms with Gasteiger partial charge in [-0.3, -0.25) is 5.73 Å². The van der Waals surface area contributed by atoms with E-state index in [0.717, 1.165) is 12.0 Å². The van der Waals surface area contributed by atoms with Crippen molar-refractivity contribution in [3.63, 3.8) is 0 Å². The van der Waals surface area contributed by atoms with Crippen LogP contribution in [-0.2, 0) is 16.7 Å². The molecule has 0 fully saturated rings. The molecule has 15 heavy (non-hydrogen) atoms. The summed E-state index contributed by atoms with van der Waals surface area (Å²) in [5.74, 6) is 0. The molecule has 0 bridgehead atoms. The number of fused-ring (bicyclic) bond motifs is 1. The molecule has 1 unspecified atom stereocenters. The Bertz CT molecular complexity index is 363. The zero-order valence-corrected chi connectivity index (χ0v) is 8.89. The van der Waals surface area contributed by atoms with Crippen molar-refractivity contribution in [3.8, 4) is 0 Å². The number of hydrogen-bond acceptors (Lipinski definition) is 3. The molecule has 5 nitrogen and oxygen atoms in total. The Balaban J connectivity index is 0.000000245. The van der Waals surface area contributed by atoms with E-state index in [1.165, 1.54) is 5.56 Å². The molecule has 1 aromatic carbocycles. The number of aryl methyl sites for hydroxylation is 1. The molecular formula is C9H13NO4P+. The van der Waals surface area contributed by atoms with Gasteiger partial charge in [-0.2, -0.15) is 0 Å². The molecule has 0 aromatic heterocycles. The summed E-state index contributed by atoms with van der Waals surface area (Å²) in [5, 5.41) is 9.62. The molecule has 0 spiro atoms. The summed E-state index contributed by atoms with van der Waals surface area (Å²) in [6.07, 6.45) is 1.54. The summed E-state index contributed by atoms with van der Waals surface area (Å²) in [5.41, 5.74) is 6.64. The van der Waals surface area contributed by atoms with Gasteiger partial charge >= 0.3 is 8.25 Å². The second-order valence-corrected chi connectivity index (χ2v) is 3.84. The van der Waals surface area contributed by atoms with Gasteiger partial charge < -0.3 is 5.11 Å². The van der Waals surface area contributed by atoms with Gasteiger partial charge in [-0.1, -0.05) is 24.3 Å². The SMILES string of the molecule is NC1(O)CCc2ccccc21.O=[P+](O)O. The van der Waals surface area contributed by atoms with Gasteiger partial charge in [-0.05, 0) is 18.4 Å². The first-order chi connectivity index (χ1) is 6.93. The van der Waals surface area contributed by atoms with Crippen LogP contribution in [0.25, 0.3) is 0 Å². The van der Waals surface area contributed by atoms with Crippen LogP contribution < -0.4 is 5.73 Å². The summed E-state index contributed by atoms with van der Waals surface area (Å²) in [6.45, 7) is 0. The average Bonchev–Trinajstić information content (AvgIpc) is 2.43. The molecule has 1 aliphatic rings. The van der Waals surface area contributed by atoms with E-state index in [-0.39, 0.29) is 0 Å². The van der Waals surface area contributed by atoms with Crippen molar-refractivity contribution in [2.24, 2.45) is 5.73 Å². The average molecular weight is 230 g/mol. The second-order valence-electron chi connectivity index (χ2n) is 3.33. The topological polar surface area (TPSA) is 104 Å². The van der Waals surface area contributed by atoms with Gasteiger partial charge in [0, 0.05) is 10.1 Å². The smallest absolute Gasteiger partial charge is 0.372 e. The van der Waals surface area contributed by atoms with Crippen LogP contribution in [0.2, 0.25) is 0 Å². The fourth-order valence-corrected chi connectivity index (χ4v) is 1.62. The van der Waals surface area contributed by atoms with E-state index < -0.39 is 14.0 Å². The highest BCUT2D eigenvalue weighted by Gasteiger charge is 2.31. The molecule has 1 atom stereocenters. The van der Waals surface area contributed by atoms with Gasteiger partial charge in [0.1, 0.15) is 5.72 Å². The summed E-state index contributed by atoms with van der Waals surface area (Å²) in [6, 6.07) is 7.78. The van der Waals surface area contributed by atoms with Gasteiger partial charge in [0.2, 0.25) is 0 Å². The van der Waals surface area contributed by atoms with Gasteiger partial charge in [0.25, 0.3) is 0 Å². The monoisotopic (exact) mass is 230 g/mol. The first-order valence-corrected chi connectivity index (χ1v) is 5.54. The molecule has 0 radical (unpaired) electrons. The maximum atomic E-state index is 9.62. The maximum absolute atomic E-state index is 9.62. The van der Waals surface area contributed by atoms with E-state index in [1.807, 2.05) is 24.3 Å². The maximum Gasteiger partial charge on any atom is 0.692 e. The van der Waals surface area contributed by atoms with E-state index in [9.17, 15) is 5.11 Å². The second kappa shape index (κ2) is 4.79. The van der Waals surface area contributed by atoms with E-state index in [4.69, 9.17) is 20.1 Å². The lowest BCUT2D eigenvalue weighted by Gasteiger charge is -2.16. The lowest BCUT2D eigenvalue weighted by Crippen LogP contribution is -2.33. The summed E-state index contributed by atoms with van der Waals surface area (Å²) < 4.78 is 8.70. The number of nitrogens with two attached hydrogens (primary N) is 1. The van der Waals surface area contributed by atoms with E-state index in [1.54, 1.807) is 0 Å². The van der Waals surface area contributed by atoms with Crippen LogP contribution in [0.3, 0.4) is 0 Å². The third-order valence-electron chi connectivity index (χ3n) is 2.26. The zero-order chi connectivity index (χ0) is 11.5. The minimum Gasteiger partial charge on any atom is -0.372 e. The third-order valence-corrected chi connectivity index (χ3v) is 2.26. The quantitative estimate of drug-likeness (QED) is 0.380. The molecule has 0 saturated carbocycles. The minimum atomic E-state index is -2.87. The Morgan fingerprint density at radius 1 is 1.33 bits per heavy atom. The lowest BCUT2D eigenvalue weighted by molar-refractivity contribution is 0.0458. The van der Waals surface area contributed by atoms with Gasteiger partial charge in [-0.25, -0.2) is 0 Å². The first-order valence-electron chi connectivity index (χ1n) is 4.38. The van der Waals surface area contributed by atoms with E-state index >= 15 is 0 Å². The van der Waals surface area contributed by atoms with Crippen molar-refractivity contribution >= 4 is 8.25 Å². The first kappa shape index (κ1) is 12.2. The standard InChI is InChI=1S/C9H11NO.HO3P/c10-9(11)6-5-7-3-1-2-4-8(7)9;1-4(2)3/h1-4,11H,5-6,10H2;(H-,1,2,3)/p+1. The molecule has 1 aromatic rings. The molecule has 1 aliphatic carbocycles. The van der Waals surface area contributed by atoms with Crippen molar-refractivity contribution in [1.29, 1.82) is 0 Å². The highest BCUT2D eigenvalue weighted by atomic mass is 31.1. The van der Waals surface area contributed by atoms with Crippen LogP contribution in [0.4, 0.5) is 0 Å². The molecule has 2 rings (SSSR count). The van der Waals surface area contributed by atoms with Crippen LogP contribution in [0, 0.1) is 0 Å². The van der Waals surface area contributed by atoms with Crippen molar-refractivity contribution < 1.29 is 19.5 Å². The highest BCUT2D eigenvalue weighted by molar-refractivity contribution is 7.30. The van der Waals surface area contributed by atoms with Crippen molar-refractivity contribution in [2.45, 2.75) is 18.6 Å². The van der Waals surface area contributed by atoms with Crippen molar-refractivity contribution in [1.82, 2.24) is 0 Å². The lowest BCUT2D eigenvalue weighted by atomic mass is 10.1. The molecule has 82 valence electrons. The molecule has 0 aliphatic heterocycles. The van der Waals surface area contributed by atoms with Gasteiger partial charge in [-0.15, -0.1) is 9.79 Å². The normalized spacial score (nSPS) is 22.7. The molecule has 5 N–H and O–H groups in total. The highest BCUT2D eigenvalue weighted by Crippen LogP contribution is 2.31. The van der Waals surface area contributed by atoms with E-state index in [0.29, 0.717) is 6.42 Å². The largest absolute Gasteiger partial charge is 0.692 e.